The smallest absolute Gasteiger partial charge is 0.283 e. The first kappa shape index (κ1) is 14.9. The summed E-state index contributed by atoms with van der Waals surface area (Å²) in [6, 6.07) is 14.2. The molecule has 1 unspecified atom stereocenters. The third-order valence-electron chi connectivity index (χ3n) is 3.38. The van der Waals surface area contributed by atoms with E-state index in [1.54, 1.807) is 36.4 Å². The molecule has 0 radical (unpaired) electrons. The topological polar surface area (TPSA) is 76.7 Å². The Morgan fingerprint density at radius 2 is 1.83 bits per heavy atom. The van der Waals surface area contributed by atoms with E-state index < -0.39 is 12.0 Å². The number of nitrogens with one attached hydrogen (secondary N) is 2. The third kappa shape index (κ3) is 3.42. The van der Waals surface area contributed by atoms with Gasteiger partial charge in [-0.25, -0.2) is 0 Å². The van der Waals surface area contributed by atoms with Crippen molar-refractivity contribution in [3.8, 4) is 11.5 Å². The van der Waals surface area contributed by atoms with Gasteiger partial charge in [0, 0.05) is 5.56 Å². The van der Waals surface area contributed by atoms with Crippen molar-refractivity contribution in [1.82, 2.24) is 10.9 Å². The van der Waals surface area contributed by atoms with Crippen LogP contribution in [0, 0.1) is 6.92 Å². The summed E-state index contributed by atoms with van der Waals surface area (Å²) in [5.74, 6) is 0.240. The zero-order valence-electron chi connectivity index (χ0n) is 12.5. The van der Waals surface area contributed by atoms with E-state index in [2.05, 4.69) is 10.9 Å². The van der Waals surface area contributed by atoms with Crippen LogP contribution in [0.15, 0.2) is 48.5 Å². The lowest BCUT2D eigenvalue weighted by Gasteiger charge is -2.25. The zero-order valence-corrected chi connectivity index (χ0v) is 12.5. The second-order valence-electron chi connectivity index (χ2n) is 5.18. The molecule has 0 aromatic heterocycles. The molecule has 2 aromatic rings. The molecule has 1 aliphatic heterocycles. The Labute approximate surface area is 133 Å². The summed E-state index contributed by atoms with van der Waals surface area (Å²) < 4.78 is 11.0. The maximum atomic E-state index is 12.1. The van der Waals surface area contributed by atoms with Crippen LogP contribution in [-0.4, -0.2) is 24.5 Å². The first-order valence-corrected chi connectivity index (χ1v) is 7.19. The van der Waals surface area contributed by atoms with E-state index in [-0.39, 0.29) is 12.5 Å². The van der Waals surface area contributed by atoms with Gasteiger partial charge in [-0.3, -0.25) is 20.4 Å². The summed E-state index contributed by atoms with van der Waals surface area (Å²) in [5, 5.41) is 0. The minimum atomic E-state index is -0.817. The molecule has 0 saturated heterocycles. The number of hydrogen-bond donors (Lipinski definition) is 2. The summed E-state index contributed by atoms with van der Waals surface area (Å²) in [6.07, 6.45) is -0.817. The predicted molar refractivity (Wildman–Crippen MR) is 83.1 cm³/mol. The SMILES string of the molecule is Cc1cccc(C(=O)NNC(=O)C2COc3ccccc3O2)c1. The molecule has 0 fully saturated rings. The molecule has 0 spiro atoms. The average molecular weight is 312 g/mol. The van der Waals surface area contributed by atoms with Crippen LogP contribution in [0.2, 0.25) is 0 Å². The highest BCUT2D eigenvalue weighted by Gasteiger charge is 2.27. The van der Waals surface area contributed by atoms with Gasteiger partial charge in [-0.1, -0.05) is 29.8 Å². The van der Waals surface area contributed by atoms with Gasteiger partial charge in [-0.15, -0.1) is 0 Å². The van der Waals surface area contributed by atoms with Gasteiger partial charge in [0.1, 0.15) is 6.61 Å². The molecule has 1 heterocycles. The van der Waals surface area contributed by atoms with Gasteiger partial charge in [-0.05, 0) is 31.2 Å². The quantitative estimate of drug-likeness (QED) is 0.826. The number of hydrogen-bond acceptors (Lipinski definition) is 4. The molecule has 1 aliphatic rings. The van der Waals surface area contributed by atoms with Crippen LogP contribution in [0.5, 0.6) is 11.5 Å². The third-order valence-corrected chi connectivity index (χ3v) is 3.38. The molecule has 2 amide bonds. The van der Waals surface area contributed by atoms with Crippen LogP contribution in [0.1, 0.15) is 15.9 Å². The number of carbonyl (C=O) groups is 2. The highest BCUT2D eigenvalue weighted by Crippen LogP contribution is 2.30. The maximum absolute atomic E-state index is 12.1. The van der Waals surface area contributed by atoms with Crippen LogP contribution < -0.4 is 20.3 Å². The van der Waals surface area contributed by atoms with Crippen LogP contribution in [0.3, 0.4) is 0 Å². The van der Waals surface area contributed by atoms with Crippen molar-refractivity contribution < 1.29 is 19.1 Å². The second kappa shape index (κ2) is 6.39. The summed E-state index contributed by atoms with van der Waals surface area (Å²) in [4.78, 5) is 24.1. The van der Waals surface area contributed by atoms with Crippen LogP contribution in [0.4, 0.5) is 0 Å². The van der Waals surface area contributed by atoms with Crippen molar-refractivity contribution in [3.05, 3.63) is 59.7 Å². The van der Waals surface area contributed by atoms with Gasteiger partial charge in [0.05, 0.1) is 0 Å². The molecule has 6 heteroatoms. The highest BCUT2D eigenvalue weighted by molar-refractivity contribution is 5.96. The minimum absolute atomic E-state index is 0.0865. The monoisotopic (exact) mass is 312 g/mol. The van der Waals surface area contributed by atoms with Crippen molar-refractivity contribution in [1.29, 1.82) is 0 Å². The summed E-state index contributed by atoms with van der Waals surface area (Å²) >= 11 is 0. The van der Waals surface area contributed by atoms with E-state index >= 15 is 0 Å². The highest BCUT2D eigenvalue weighted by atomic mass is 16.6. The molecular weight excluding hydrogens is 296 g/mol. The minimum Gasteiger partial charge on any atom is -0.485 e. The van der Waals surface area contributed by atoms with Gasteiger partial charge in [0.2, 0.25) is 6.10 Å². The lowest BCUT2D eigenvalue weighted by molar-refractivity contribution is -0.131. The Hall–Kier alpha value is -3.02. The fourth-order valence-electron chi connectivity index (χ4n) is 2.21. The predicted octanol–water partition coefficient (Wildman–Crippen LogP) is 1.60. The molecule has 118 valence electrons. The number of ether oxygens (including phenoxy) is 2. The molecule has 0 aliphatic carbocycles. The molecule has 2 N–H and O–H groups in total. The maximum Gasteiger partial charge on any atom is 0.283 e. The van der Waals surface area contributed by atoms with Gasteiger partial charge in [0.25, 0.3) is 11.8 Å². The molecule has 0 bridgehead atoms. The first-order chi connectivity index (χ1) is 11.1. The van der Waals surface area contributed by atoms with E-state index in [0.29, 0.717) is 17.1 Å². The summed E-state index contributed by atoms with van der Waals surface area (Å²) in [5.41, 5.74) is 6.16. The Morgan fingerprint density at radius 1 is 1.04 bits per heavy atom. The fraction of sp³-hybridized carbons (Fsp3) is 0.176. The lowest BCUT2D eigenvalue weighted by Crippen LogP contribution is -2.50. The number of fused-ring (bicyclic) bond motifs is 1. The summed E-state index contributed by atoms with van der Waals surface area (Å²) in [6.45, 7) is 1.98. The number of benzene rings is 2. The number of rotatable bonds is 2. The molecule has 3 rings (SSSR count). The fourth-order valence-corrected chi connectivity index (χ4v) is 2.21. The lowest BCUT2D eigenvalue weighted by atomic mass is 10.1. The molecule has 23 heavy (non-hydrogen) atoms. The largest absolute Gasteiger partial charge is 0.485 e. The Bertz CT molecular complexity index is 745. The average Bonchev–Trinajstić information content (AvgIpc) is 2.59. The van der Waals surface area contributed by atoms with E-state index in [9.17, 15) is 9.59 Å². The first-order valence-electron chi connectivity index (χ1n) is 7.19. The van der Waals surface area contributed by atoms with Crippen LogP contribution in [-0.2, 0) is 4.79 Å². The van der Waals surface area contributed by atoms with E-state index in [1.165, 1.54) is 0 Å². The van der Waals surface area contributed by atoms with E-state index in [1.807, 2.05) is 19.1 Å². The molecule has 6 nitrogen and oxygen atoms in total. The number of aryl methyl sites for hydroxylation is 1. The Balaban J connectivity index is 1.57. The molecule has 0 saturated carbocycles. The Kier molecular flexibility index (Phi) is 4.14. The van der Waals surface area contributed by atoms with E-state index in [4.69, 9.17) is 9.47 Å². The van der Waals surface area contributed by atoms with Gasteiger partial charge in [-0.2, -0.15) is 0 Å². The molecule has 2 aromatic carbocycles. The van der Waals surface area contributed by atoms with Gasteiger partial charge >= 0.3 is 0 Å². The number of hydrazine groups is 1. The van der Waals surface area contributed by atoms with E-state index in [0.717, 1.165) is 5.56 Å². The van der Waals surface area contributed by atoms with Crippen LogP contribution in [0.25, 0.3) is 0 Å². The zero-order chi connectivity index (χ0) is 16.2. The molecule has 1 atom stereocenters. The normalized spacial score (nSPS) is 15.6. The number of amides is 2. The summed E-state index contributed by atoms with van der Waals surface area (Å²) in [7, 11) is 0. The van der Waals surface area contributed by atoms with Crippen molar-refractivity contribution in [2.75, 3.05) is 6.61 Å². The van der Waals surface area contributed by atoms with Crippen LogP contribution >= 0.6 is 0 Å². The van der Waals surface area contributed by atoms with Crippen molar-refractivity contribution in [2.24, 2.45) is 0 Å². The second-order valence-corrected chi connectivity index (χ2v) is 5.18. The standard InChI is InChI=1S/C17H16N2O4/c1-11-5-4-6-12(9-11)16(20)18-19-17(21)15-10-22-13-7-2-3-8-14(13)23-15/h2-9,15H,10H2,1H3,(H,18,20)(H,19,21). The van der Waals surface area contributed by atoms with Crippen molar-refractivity contribution in [2.45, 2.75) is 13.0 Å². The Morgan fingerprint density at radius 3 is 2.61 bits per heavy atom. The van der Waals surface area contributed by atoms with Gasteiger partial charge in [0.15, 0.2) is 11.5 Å². The van der Waals surface area contributed by atoms with Gasteiger partial charge < -0.3 is 9.47 Å². The number of para-hydroxylation sites is 2. The number of carbonyl (C=O) groups excluding carboxylic acids is 2. The van der Waals surface area contributed by atoms with Crippen molar-refractivity contribution in [3.63, 3.8) is 0 Å². The van der Waals surface area contributed by atoms with Crippen molar-refractivity contribution >= 4 is 11.8 Å². The molecular formula is C17H16N2O4.